The van der Waals surface area contributed by atoms with Gasteiger partial charge in [0.05, 0.1) is 5.69 Å². The molecule has 0 fully saturated rings. The summed E-state index contributed by atoms with van der Waals surface area (Å²) in [5.74, 6) is 0.705. The fraction of sp³-hybridized carbons (Fsp3) is 0.0714. The van der Waals surface area contributed by atoms with Crippen LogP contribution < -0.4 is 5.73 Å². The zero-order valence-corrected chi connectivity index (χ0v) is 13.0. The maximum absolute atomic E-state index is 6.23. The Labute approximate surface area is 127 Å². The number of hydrogen-bond acceptors (Lipinski definition) is 3. The fourth-order valence-corrected chi connectivity index (χ4v) is 3.18. The average Bonchev–Trinajstić information content (AvgIpc) is 2.81. The number of aromatic nitrogens is 1. The Hall–Kier alpha value is -1.17. The van der Waals surface area contributed by atoms with Crippen LogP contribution in [-0.4, -0.2) is 4.98 Å². The number of nitrogens with zero attached hydrogens (tertiary/aromatic N) is 1. The lowest BCUT2D eigenvalue weighted by Gasteiger charge is -2.10. The van der Waals surface area contributed by atoms with Crippen molar-refractivity contribution in [3.05, 3.63) is 63.0 Å². The van der Waals surface area contributed by atoms with Gasteiger partial charge in [-0.15, -0.1) is 0 Å². The summed E-state index contributed by atoms with van der Waals surface area (Å²) in [6.07, 6.45) is 1.72. The van der Waals surface area contributed by atoms with E-state index in [1.165, 1.54) is 0 Å². The van der Waals surface area contributed by atoms with E-state index in [-0.39, 0.29) is 0 Å². The smallest absolute Gasteiger partial charge is 0.134 e. The first-order valence-corrected chi connectivity index (χ1v) is 7.29. The van der Waals surface area contributed by atoms with Gasteiger partial charge in [0.1, 0.15) is 17.4 Å². The Morgan fingerprint density at radius 3 is 2.68 bits per heavy atom. The van der Waals surface area contributed by atoms with Crippen molar-refractivity contribution in [2.24, 2.45) is 5.73 Å². The van der Waals surface area contributed by atoms with E-state index >= 15 is 0 Å². The Bertz CT molecular complexity index is 706. The van der Waals surface area contributed by atoms with E-state index in [9.17, 15) is 0 Å². The first-order chi connectivity index (χ1) is 9.15. The normalized spacial score (nSPS) is 12.8. The van der Waals surface area contributed by atoms with Crippen molar-refractivity contribution in [1.82, 2.24) is 4.98 Å². The van der Waals surface area contributed by atoms with Gasteiger partial charge in [0.25, 0.3) is 0 Å². The zero-order chi connectivity index (χ0) is 13.4. The van der Waals surface area contributed by atoms with Crippen molar-refractivity contribution in [3.8, 4) is 0 Å². The van der Waals surface area contributed by atoms with E-state index < -0.39 is 6.04 Å². The van der Waals surface area contributed by atoms with Gasteiger partial charge in [-0.2, -0.15) is 0 Å². The Kier molecular flexibility index (Phi) is 3.43. The summed E-state index contributed by atoms with van der Waals surface area (Å²) in [4.78, 5) is 4.35. The molecule has 1 unspecified atom stereocenters. The van der Waals surface area contributed by atoms with Gasteiger partial charge in [-0.05, 0) is 50.1 Å². The number of para-hydroxylation sites is 1. The highest BCUT2D eigenvalue weighted by atomic mass is 79.9. The molecule has 0 aliphatic carbocycles. The molecule has 3 aromatic rings. The molecule has 2 aromatic heterocycles. The van der Waals surface area contributed by atoms with Crippen molar-refractivity contribution in [2.75, 3.05) is 0 Å². The number of nitrogens with two attached hydrogens (primary N) is 1. The van der Waals surface area contributed by atoms with Gasteiger partial charge in [-0.1, -0.05) is 18.2 Å². The molecule has 5 heteroatoms. The summed E-state index contributed by atoms with van der Waals surface area (Å²) in [6.45, 7) is 0. The third-order valence-electron chi connectivity index (χ3n) is 2.88. The Morgan fingerprint density at radius 1 is 1.16 bits per heavy atom. The van der Waals surface area contributed by atoms with E-state index in [0.29, 0.717) is 5.76 Å². The lowest BCUT2D eigenvalue weighted by Crippen LogP contribution is -2.13. The molecular formula is C14H10Br2N2O. The highest BCUT2D eigenvalue weighted by molar-refractivity contribution is 9.11. The molecule has 3 rings (SSSR count). The average molecular weight is 382 g/mol. The van der Waals surface area contributed by atoms with Crippen molar-refractivity contribution in [1.29, 1.82) is 0 Å². The first kappa shape index (κ1) is 12.8. The van der Waals surface area contributed by atoms with Crippen LogP contribution in [0.15, 0.2) is 56.0 Å². The molecule has 96 valence electrons. The summed E-state index contributed by atoms with van der Waals surface area (Å²) < 4.78 is 7.53. The molecule has 2 heterocycles. The van der Waals surface area contributed by atoms with Crippen LogP contribution in [0, 0.1) is 0 Å². The monoisotopic (exact) mass is 380 g/mol. The molecule has 19 heavy (non-hydrogen) atoms. The molecule has 1 atom stereocenters. The molecular weight excluding hydrogens is 372 g/mol. The number of rotatable bonds is 2. The van der Waals surface area contributed by atoms with Crippen LogP contribution in [0.4, 0.5) is 0 Å². The van der Waals surface area contributed by atoms with Crippen LogP contribution in [0.25, 0.3) is 11.0 Å². The second-order valence-electron chi connectivity index (χ2n) is 4.18. The number of halogens is 2. The van der Waals surface area contributed by atoms with Gasteiger partial charge >= 0.3 is 0 Å². The van der Waals surface area contributed by atoms with E-state index in [2.05, 4.69) is 36.8 Å². The lowest BCUT2D eigenvalue weighted by atomic mass is 10.1. The fourth-order valence-electron chi connectivity index (χ4n) is 1.94. The van der Waals surface area contributed by atoms with Crippen molar-refractivity contribution in [3.63, 3.8) is 0 Å². The predicted octanol–water partition coefficient (Wildman–Crippen LogP) is 4.40. The quantitative estimate of drug-likeness (QED) is 0.715. The van der Waals surface area contributed by atoms with Gasteiger partial charge in [-0.3, -0.25) is 4.98 Å². The number of pyridine rings is 1. The molecule has 0 bridgehead atoms. The van der Waals surface area contributed by atoms with Gasteiger partial charge in [-0.25, -0.2) is 0 Å². The summed E-state index contributed by atoms with van der Waals surface area (Å²) in [5, 5.41) is 1.04. The summed E-state index contributed by atoms with van der Waals surface area (Å²) in [7, 11) is 0. The summed E-state index contributed by atoms with van der Waals surface area (Å²) >= 11 is 6.85. The maximum atomic E-state index is 6.23. The topological polar surface area (TPSA) is 52.0 Å². The molecule has 2 N–H and O–H groups in total. The zero-order valence-electron chi connectivity index (χ0n) is 9.81. The maximum Gasteiger partial charge on any atom is 0.134 e. The van der Waals surface area contributed by atoms with Crippen LogP contribution in [0.5, 0.6) is 0 Å². The molecule has 0 saturated heterocycles. The third-order valence-corrected chi connectivity index (χ3v) is 3.95. The molecule has 3 nitrogen and oxygen atoms in total. The van der Waals surface area contributed by atoms with Gasteiger partial charge < -0.3 is 10.2 Å². The number of fused-ring (bicyclic) bond motifs is 1. The second-order valence-corrected chi connectivity index (χ2v) is 5.95. The van der Waals surface area contributed by atoms with Crippen LogP contribution in [-0.2, 0) is 0 Å². The molecule has 0 spiro atoms. The Balaban J connectivity index is 2.05. The van der Waals surface area contributed by atoms with E-state index in [4.69, 9.17) is 10.2 Å². The van der Waals surface area contributed by atoms with E-state index in [1.807, 2.05) is 36.4 Å². The summed E-state index contributed by atoms with van der Waals surface area (Å²) in [5.41, 5.74) is 7.82. The second kappa shape index (κ2) is 5.07. The molecule has 0 amide bonds. The first-order valence-electron chi connectivity index (χ1n) is 5.70. The number of hydrogen-bond donors (Lipinski definition) is 1. The third kappa shape index (κ3) is 2.45. The van der Waals surface area contributed by atoms with Crippen LogP contribution >= 0.6 is 31.9 Å². The van der Waals surface area contributed by atoms with Crippen LogP contribution in [0.1, 0.15) is 17.5 Å². The van der Waals surface area contributed by atoms with Crippen LogP contribution in [0.2, 0.25) is 0 Å². The number of furan rings is 1. The van der Waals surface area contributed by atoms with Gasteiger partial charge in [0, 0.05) is 20.5 Å². The Morgan fingerprint density at radius 2 is 1.95 bits per heavy atom. The molecule has 0 radical (unpaired) electrons. The highest BCUT2D eigenvalue weighted by Gasteiger charge is 2.18. The molecule has 0 aliphatic rings. The van der Waals surface area contributed by atoms with Gasteiger partial charge in [0.2, 0.25) is 0 Å². The SMILES string of the molecule is NC(c1cc2ccccc2o1)c1ncc(Br)cc1Br. The van der Waals surface area contributed by atoms with Crippen molar-refractivity contribution >= 4 is 42.8 Å². The van der Waals surface area contributed by atoms with Crippen LogP contribution in [0.3, 0.4) is 0 Å². The predicted molar refractivity (Wildman–Crippen MR) is 81.9 cm³/mol. The minimum absolute atomic E-state index is 0.394. The van der Waals surface area contributed by atoms with Gasteiger partial charge in [0.15, 0.2) is 0 Å². The molecule has 0 saturated carbocycles. The van der Waals surface area contributed by atoms with E-state index in [1.54, 1.807) is 6.20 Å². The molecule has 0 aliphatic heterocycles. The van der Waals surface area contributed by atoms with Crippen molar-refractivity contribution in [2.45, 2.75) is 6.04 Å². The molecule has 1 aromatic carbocycles. The van der Waals surface area contributed by atoms with E-state index in [0.717, 1.165) is 25.6 Å². The minimum atomic E-state index is -0.394. The summed E-state index contributed by atoms with van der Waals surface area (Å²) in [6, 6.07) is 11.3. The minimum Gasteiger partial charge on any atom is -0.459 e. The largest absolute Gasteiger partial charge is 0.459 e. The van der Waals surface area contributed by atoms with Crippen molar-refractivity contribution < 1.29 is 4.42 Å². The highest BCUT2D eigenvalue weighted by Crippen LogP contribution is 2.30. The lowest BCUT2D eigenvalue weighted by molar-refractivity contribution is 0.520. The standard InChI is InChI=1S/C14H10Br2N2O/c15-9-6-10(16)14(18-7-9)13(17)12-5-8-3-1-2-4-11(8)19-12/h1-7,13H,17H2. The number of benzene rings is 1.